The molecular formula is C21H30FNO4S. The molecular weight excluding hydrogens is 381 g/mol. The normalized spacial score (nSPS) is 34.7. The molecule has 0 spiro atoms. The first-order valence-electron chi connectivity index (χ1n) is 10.4. The van der Waals surface area contributed by atoms with Crippen molar-refractivity contribution in [2.24, 2.45) is 22.4 Å². The molecule has 5 atom stereocenters. The molecule has 3 unspecified atom stereocenters. The van der Waals surface area contributed by atoms with Crippen LogP contribution in [0, 0.1) is 17.3 Å². The molecule has 1 aromatic rings. The second kappa shape index (κ2) is 7.17. The Morgan fingerprint density at radius 3 is 2.68 bits per heavy atom. The number of aryl methyl sites for hydroxylation is 1. The summed E-state index contributed by atoms with van der Waals surface area (Å²) < 4.78 is 48.2. The minimum Gasteiger partial charge on any atom is -0.493 e. The van der Waals surface area contributed by atoms with Crippen molar-refractivity contribution in [2.45, 2.75) is 70.4 Å². The van der Waals surface area contributed by atoms with E-state index < -0.39 is 16.5 Å². The Morgan fingerprint density at radius 1 is 1.21 bits per heavy atom. The predicted octanol–water partition coefficient (Wildman–Crippen LogP) is 4.25. The lowest BCUT2D eigenvalue weighted by molar-refractivity contribution is -0.0784. The summed E-state index contributed by atoms with van der Waals surface area (Å²) in [5.74, 6) is 1.81. The average molecular weight is 412 g/mol. The highest BCUT2D eigenvalue weighted by Crippen LogP contribution is 2.62. The minimum atomic E-state index is -4.11. The SMILES string of the molecule is CC[C@]12CCC3c4cc(OC)c(OS(N)(=O)=O)cc4CCC3C1CCC[C@@H]2F. The van der Waals surface area contributed by atoms with Crippen molar-refractivity contribution in [2.75, 3.05) is 7.11 Å². The second-order valence-corrected chi connectivity index (χ2v) is 9.87. The van der Waals surface area contributed by atoms with Gasteiger partial charge in [-0.2, -0.15) is 13.6 Å². The van der Waals surface area contributed by atoms with Gasteiger partial charge in [0.2, 0.25) is 0 Å². The van der Waals surface area contributed by atoms with E-state index in [0.29, 0.717) is 29.9 Å². The summed E-state index contributed by atoms with van der Waals surface area (Å²) in [5, 5.41) is 5.05. The third-order valence-electron chi connectivity index (χ3n) is 7.73. The van der Waals surface area contributed by atoms with Crippen molar-refractivity contribution in [1.82, 2.24) is 0 Å². The molecule has 0 bridgehead atoms. The molecule has 5 nitrogen and oxygen atoms in total. The number of benzene rings is 1. The van der Waals surface area contributed by atoms with E-state index in [1.807, 2.05) is 6.07 Å². The summed E-state index contributed by atoms with van der Waals surface area (Å²) in [6.45, 7) is 2.15. The van der Waals surface area contributed by atoms with E-state index in [-0.39, 0.29) is 11.2 Å². The van der Waals surface area contributed by atoms with Gasteiger partial charge in [0, 0.05) is 5.41 Å². The number of alkyl halides is 1. The monoisotopic (exact) mass is 411 g/mol. The van der Waals surface area contributed by atoms with Crippen molar-refractivity contribution in [3.8, 4) is 11.5 Å². The van der Waals surface area contributed by atoms with E-state index in [9.17, 15) is 8.42 Å². The zero-order valence-electron chi connectivity index (χ0n) is 16.6. The number of hydrogen-bond acceptors (Lipinski definition) is 4. The van der Waals surface area contributed by atoms with Crippen LogP contribution in [0.15, 0.2) is 12.1 Å². The number of ether oxygens (including phenoxy) is 1. The molecule has 2 N–H and O–H groups in total. The topological polar surface area (TPSA) is 78.6 Å². The molecule has 3 aliphatic rings. The molecule has 2 fully saturated rings. The number of fused-ring (bicyclic) bond motifs is 5. The number of halogens is 1. The Balaban J connectivity index is 1.71. The van der Waals surface area contributed by atoms with Crippen LogP contribution >= 0.6 is 0 Å². The molecule has 7 heteroatoms. The Labute approximate surface area is 167 Å². The van der Waals surface area contributed by atoms with E-state index in [2.05, 4.69) is 6.92 Å². The first-order valence-corrected chi connectivity index (χ1v) is 11.8. The minimum absolute atomic E-state index is 0.141. The number of rotatable bonds is 4. The number of hydrogen-bond donors (Lipinski definition) is 1. The largest absolute Gasteiger partial charge is 0.493 e. The van der Waals surface area contributed by atoms with Gasteiger partial charge in [-0.05, 0) is 86.0 Å². The Morgan fingerprint density at radius 2 is 2.00 bits per heavy atom. The summed E-state index contributed by atoms with van der Waals surface area (Å²) in [6, 6.07) is 3.68. The zero-order chi connectivity index (χ0) is 20.1. The Kier molecular flexibility index (Phi) is 5.11. The summed E-state index contributed by atoms with van der Waals surface area (Å²) in [6.07, 6.45) is 6.79. The highest BCUT2D eigenvalue weighted by Gasteiger charge is 2.54. The summed E-state index contributed by atoms with van der Waals surface area (Å²) >= 11 is 0. The van der Waals surface area contributed by atoms with Gasteiger partial charge in [-0.1, -0.05) is 13.3 Å². The summed E-state index contributed by atoms with van der Waals surface area (Å²) in [5.41, 5.74) is 2.15. The van der Waals surface area contributed by atoms with Crippen molar-refractivity contribution in [3.05, 3.63) is 23.3 Å². The lowest BCUT2D eigenvalue weighted by Gasteiger charge is -2.56. The van der Waals surface area contributed by atoms with E-state index in [0.717, 1.165) is 50.5 Å². The summed E-state index contributed by atoms with van der Waals surface area (Å²) in [7, 11) is -2.62. The maximum Gasteiger partial charge on any atom is 0.380 e. The van der Waals surface area contributed by atoms with Gasteiger partial charge in [-0.3, -0.25) is 0 Å². The molecule has 0 aromatic heterocycles. The van der Waals surface area contributed by atoms with Crippen LogP contribution in [0.4, 0.5) is 4.39 Å². The lowest BCUT2D eigenvalue weighted by Crippen LogP contribution is -2.51. The van der Waals surface area contributed by atoms with Crippen LogP contribution in [-0.4, -0.2) is 21.7 Å². The fraction of sp³-hybridized carbons (Fsp3) is 0.714. The molecule has 4 rings (SSSR count). The van der Waals surface area contributed by atoms with E-state index in [1.54, 1.807) is 6.07 Å². The fourth-order valence-electron chi connectivity index (χ4n) is 6.53. The van der Waals surface area contributed by atoms with Crippen LogP contribution in [-0.2, 0) is 16.7 Å². The van der Waals surface area contributed by atoms with E-state index in [1.165, 1.54) is 12.7 Å². The molecule has 2 saturated carbocycles. The lowest BCUT2D eigenvalue weighted by atomic mass is 9.49. The molecule has 0 amide bonds. The smallest absolute Gasteiger partial charge is 0.380 e. The van der Waals surface area contributed by atoms with Crippen LogP contribution in [0.1, 0.15) is 68.9 Å². The van der Waals surface area contributed by atoms with Gasteiger partial charge in [0.25, 0.3) is 0 Å². The molecule has 3 aliphatic carbocycles. The van der Waals surface area contributed by atoms with Gasteiger partial charge in [0.1, 0.15) is 6.17 Å². The molecule has 0 radical (unpaired) electrons. The maximum atomic E-state index is 15.1. The van der Waals surface area contributed by atoms with Gasteiger partial charge in [0.05, 0.1) is 7.11 Å². The molecule has 0 heterocycles. The average Bonchev–Trinajstić information content (AvgIpc) is 2.66. The van der Waals surface area contributed by atoms with Crippen molar-refractivity contribution >= 4 is 10.3 Å². The molecule has 156 valence electrons. The van der Waals surface area contributed by atoms with Crippen molar-refractivity contribution < 1.29 is 21.7 Å². The number of methoxy groups -OCH3 is 1. The van der Waals surface area contributed by atoms with Crippen LogP contribution in [0.2, 0.25) is 0 Å². The van der Waals surface area contributed by atoms with E-state index >= 15 is 4.39 Å². The van der Waals surface area contributed by atoms with Crippen LogP contribution < -0.4 is 14.1 Å². The molecule has 1 aromatic carbocycles. The molecule has 0 saturated heterocycles. The standard InChI is InChI=1S/C21H30FNO4S/c1-3-21-10-9-14-15(17(21)5-4-6-20(21)22)8-7-13-11-19(27-28(23,24)25)18(26-2)12-16(13)14/h11-12,14-15,17,20H,3-10H2,1-2H3,(H2,23,24,25)/t14?,15?,17?,20-,21-/m0/s1. The zero-order valence-corrected chi connectivity index (χ0v) is 17.4. The third-order valence-corrected chi connectivity index (χ3v) is 8.14. The van der Waals surface area contributed by atoms with Crippen LogP contribution in [0.5, 0.6) is 11.5 Å². The Bertz CT molecular complexity index is 858. The van der Waals surface area contributed by atoms with Crippen molar-refractivity contribution in [3.63, 3.8) is 0 Å². The van der Waals surface area contributed by atoms with Gasteiger partial charge >= 0.3 is 10.3 Å². The van der Waals surface area contributed by atoms with Crippen molar-refractivity contribution in [1.29, 1.82) is 0 Å². The summed E-state index contributed by atoms with van der Waals surface area (Å²) in [4.78, 5) is 0. The first-order chi connectivity index (χ1) is 13.3. The van der Waals surface area contributed by atoms with Crippen LogP contribution in [0.3, 0.4) is 0 Å². The van der Waals surface area contributed by atoms with Gasteiger partial charge in [-0.15, -0.1) is 0 Å². The van der Waals surface area contributed by atoms with Gasteiger partial charge < -0.3 is 8.92 Å². The first kappa shape index (κ1) is 20.0. The van der Waals surface area contributed by atoms with Gasteiger partial charge in [0.15, 0.2) is 11.5 Å². The maximum absolute atomic E-state index is 15.1. The highest BCUT2D eigenvalue weighted by atomic mass is 32.2. The van der Waals surface area contributed by atoms with Gasteiger partial charge in [-0.25, -0.2) is 4.39 Å². The second-order valence-electron chi connectivity index (χ2n) is 8.72. The van der Waals surface area contributed by atoms with Crippen LogP contribution in [0.25, 0.3) is 0 Å². The molecule has 28 heavy (non-hydrogen) atoms. The Hall–Kier alpha value is -1.34. The fourth-order valence-corrected chi connectivity index (χ4v) is 6.91. The highest BCUT2D eigenvalue weighted by molar-refractivity contribution is 7.84. The third kappa shape index (κ3) is 3.20. The quantitative estimate of drug-likeness (QED) is 0.803. The van der Waals surface area contributed by atoms with E-state index in [4.69, 9.17) is 14.1 Å². The molecule has 0 aliphatic heterocycles. The predicted molar refractivity (Wildman–Crippen MR) is 105 cm³/mol. The number of nitrogens with two attached hydrogens (primary N) is 1.